The van der Waals surface area contributed by atoms with Crippen molar-refractivity contribution in [2.45, 2.75) is 30.5 Å². The van der Waals surface area contributed by atoms with Crippen molar-refractivity contribution in [2.75, 3.05) is 13.2 Å². The van der Waals surface area contributed by atoms with E-state index >= 15 is 0 Å². The highest BCUT2D eigenvalue weighted by molar-refractivity contribution is 8.14. The van der Waals surface area contributed by atoms with Crippen LogP contribution in [0.25, 0.3) is 0 Å². The Morgan fingerprint density at radius 1 is 1.44 bits per heavy atom. The molecule has 0 aromatic carbocycles. The Labute approximate surface area is 95.5 Å². The maximum atomic E-state index is 11.0. The van der Waals surface area contributed by atoms with Gasteiger partial charge >= 0.3 is 0 Å². The third kappa shape index (κ3) is 2.28. The molecule has 2 aliphatic rings. The Balaban J connectivity index is 1.95. The van der Waals surface area contributed by atoms with Gasteiger partial charge in [-0.25, -0.2) is 0 Å². The molecule has 4 atom stereocenters. The van der Waals surface area contributed by atoms with Gasteiger partial charge in [-0.3, -0.25) is 4.79 Å². The molecule has 2 saturated heterocycles. The Kier molecular flexibility index (Phi) is 3.31. The van der Waals surface area contributed by atoms with E-state index in [1.165, 1.54) is 6.92 Å². The van der Waals surface area contributed by atoms with Crippen LogP contribution < -0.4 is 0 Å². The number of thioether (sulfide) groups is 1. The van der Waals surface area contributed by atoms with Crippen molar-refractivity contribution in [3.8, 4) is 0 Å². The molecule has 90 valence electrons. The summed E-state index contributed by atoms with van der Waals surface area (Å²) in [4.78, 5) is 25.6. The van der Waals surface area contributed by atoms with Gasteiger partial charge in [-0.05, 0) is 0 Å². The second-order valence-electron chi connectivity index (χ2n) is 3.61. The van der Waals surface area contributed by atoms with Crippen LogP contribution in [0.15, 0.2) is 0 Å². The number of hydrogen-bond acceptors (Lipinski definition) is 7. The van der Waals surface area contributed by atoms with Crippen LogP contribution in [0.1, 0.15) is 6.92 Å². The second-order valence-corrected chi connectivity index (χ2v) is 5.03. The zero-order chi connectivity index (χ0) is 11.7. The third-order valence-corrected chi connectivity index (χ3v) is 3.54. The molecule has 2 aliphatic heterocycles. The molecule has 0 aliphatic carbocycles. The Morgan fingerprint density at radius 2 is 2.12 bits per heavy atom. The van der Waals surface area contributed by atoms with Crippen molar-refractivity contribution >= 4 is 16.9 Å². The summed E-state index contributed by atoms with van der Waals surface area (Å²) in [6, 6.07) is 0. The minimum atomic E-state index is -0.842. The normalized spacial score (nSPS) is 37.1. The number of carbonyl (C=O) groups is 1. The predicted octanol–water partition coefficient (Wildman–Crippen LogP) is 0.00920. The van der Waals surface area contributed by atoms with E-state index in [9.17, 15) is 14.9 Å². The molecule has 0 bridgehead atoms. The van der Waals surface area contributed by atoms with Crippen LogP contribution in [-0.2, 0) is 19.1 Å². The number of ether oxygens (including phenoxy) is 2. The average molecular weight is 249 g/mol. The minimum absolute atomic E-state index is 0.0171. The fourth-order valence-electron chi connectivity index (χ4n) is 1.94. The molecule has 16 heavy (non-hydrogen) atoms. The topological polar surface area (TPSA) is 87.9 Å². The first-order valence-corrected chi connectivity index (χ1v) is 5.67. The maximum absolute atomic E-state index is 11.0. The van der Waals surface area contributed by atoms with Gasteiger partial charge in [0.15, 0.2) is 11.2 Å². The summed E-state index contributed by atoms with van der Waals surface area (Å²) in [6.45, 7) is 1.96. The first-order valence-electron chi connectivity index (χ1n) is 4.79. The number of rotatable bonds is 3. The highest BCUT2D eigenvalue weighted by Crippen LogP contribution is 2.35. The number of hydrogen-bond donors (Lipinski definition) is 0. The van der Waals surface area contributed by atoms with E-state index in [0.29, 0.717) is 6.61 Å². The molecule has 0 saturated carbocycles. The molecule has 0 aromatic rings. The molecule has 0 amide bonds. The lowest BCUT2D eigenvalue weighted by atomic mass is 10.1. The van der Waals surface area contributed by atoms with Gasteiger partial charge in [0.1, 0.15) is 12.2 Å². The lowest BCUT2D eigenvalue weighted by Crippen LogP contribution is -2.33. The quantitative estimate of drug-likeness (QED) is 0.514. The van der Waals surface area contributed by atoms with E-state index in [2.05, 4.69) is 4.84 Å². The molecule has 2 heterocycles. The van der Waals surface area contributed by atoms with Crippen LogP contribution in [0.4, 0.5) is 0 Å². The summed E-state index contributed by atoms with van der Waals surface area (Å²) in [7, 11) is 0. The van der Waals surface area contributed by atoms with E-state index in [4.69, 9.17) is 9.47 Å². The Bertz CT molecular complexity index is 281. The summed E-state index contributed by atoms with van der Waals surface area (Å²) in [6.07, 6.45) is -1.42. The maximum Gasteiger partial charge on any atom is 0.294 e. The van der Waals surface area contributed by atoms with Crippen molar-refractivity contribution in [1.29, 1.82) is 0 Å². The summed E-state index contributed by atoms with van der Waals surface area (Å²) in [5.74, 6) is 0. The summed E-state index contributed by atoms with van der Waals surface area (Å²) in [5, 5.41) is 9.26. The van der Waals surface area contributed by atoms with Crippen molar-refractivity contribution < 1.29 is 24.2 Å². The summed E-state index contributed by atoms with van der Waals surface area (Å²) < 4.78 is 10.8. The van der Waals surface area contributed by atoms with E-state index in [1.807, 2.05) is 0 Å². The highest BCUT2D eigenvalue weighted by atomic mass is 32.2. The first kappa shape index (κ1) is 11.6. The van der Waals surface area contributed by atoms with Crippen molar-refractivity contribution in [1.82, 2.24) is 0 Å². The molecular weight excluding hydrogens is 238 g/mol. The molecule has 0 spiro atoms. The van der Waals surface area contributed by atoms with Gasteiger partial charge < -0.3 is 14.3 Å². The van der Waals surface area contributed by atoms with Crippen LogP contribution >= 0.6 is 11.8 Å². The van der Waals surface area contributed by atoms with Gasteiger partial charge in [-0.1, -0.05) is 11.8 Å². The smallest absolute Gasteiger partial charge is 0.294 e. The molecule has 0 radical (unpaired) electrons. The van der Waals surface area contributed by atoms with Crippen LogP contribution in [-0.4, -0.2) is 47.0 Å². The first-order chi connectivity index (χ1) is 7.58. The van der Waals surface area contributed by atoms with Crippen molar-refractivity contribution in [2.24, 2.45) is 0 Å². The van der Waals surface area contributed by atoms with E-state index in [0.717, 1.165) is 11.8 Å². The van der Waals surface area contributed by atoms with E-state index in [1.54, 1.807) is 0 Å². The van der Waals surface area contributed by atoms with Crippen LogP contribution in [0.2, 0.25) is 0 Å². The van der Waals surface area contributed by atoms with Gasteiger partial charge in [-0.2, -0.15) is 0 Å². The van der Waals surface area contributed by atoms with E-state index < -0.39 is 17.3 Å². The van der Waals surface area contributed by atoms with Gasteiger partial charge in [0.05, 0.1) is 18.5 Å². The zero-order valence-corrected chi connectivity index (χ0v) is 9.35. The molecule has 2 rings (SSSR count). The fourth-order valence-corrected chi connectivity index (χ4v) is 2.88. The Hall–Kier alpha value is -0.860. The van der Waals surface area contributed by atoms with Crippen LogP contribution in [0.3, 0.4) is 0 Å². The Morgan fingerprint density at radius 3 is 2.75 bits per heavy atom. The molecule has 2 unspecified atom stereocenters. The molecule has 0 aromatic heterocycles. The van der Waals surface area contributed by atoms with E-state index in [-0.39, 0.29) is 23.1 Å². The van der Waals surface area contributed by atoms with Crippen molar-refractivity contribution in [3.05, 3.63) is 10.1 Å². The monoisotopic (exact) mass is 249 g/mol. The predicted molar refractivity (Wildman–Crippen MR) is 53.4 cm³/mol. The van der Waals surface area contributed by atoms with Gasteiger partial charge in [0.2, 0.25) is 0 Å². The molecular formula is C8H11NO6S. The second kappa shape index (κ2) is 4.56. The zero-order valence-electron chi connectivity index (χ0n) is 8.53. The summed E-state index contributed by atoms with van der Waals surface area (Å²) in [5.41, 5.74) is 0. The lowest BCUT2D eigenvalue weighted by Gasteiger charge is -2.14. The average Bonchev–Trinajstić information content (AvgIpc) is 2.70. The molecule has 8 heteroatoms. The van der Waals surface area contributed by atoms with Gasteiger partial charge in [0, 0.05) is 6.92 Å². The molecule has 7 nitrogen and oxygen atoms in total. The number of carbonyl (C=O) groups excluding carboxylic acids is 1. The molecule has 0 N–H and O–H groups in total. The van der Waals surface area contributed by atoms with Crippen molar-refractivity contribution in [3.63, 3.8) is 0 Å². The van der Waals surface area contributed by atoms with Gasteiger partial charge in [0.25, 0.3) is 5.09 Å². The van der Waals surface area contributed by atoms with Crippen LogP contribution in [0, 0.1) is 10.1 Å². The number of nitrogens with zero attached hydrogens (tertiary/aromatic N) is 1. The van der Waals surface area contributed by atoms with Gasteiger partial charge in [-0.15, -0.1) is 10.1 Å². The minimum Gasteiger partial charge on any atom is -0.372 e. The lowest BCUT2D eigenvalue weighted by molar-refractivity contribution is -0.769. The third-order valence-electron chi connectivity index (χ3n) is 2.50. The molecule has 2 fully saturated rings. The summed E-state index contributed by atoms with van der Waals surface area (Å²) >= 11 is 1.15. The number of fused-ring (bicyclic) bond motifs is 1. The SMILES string of the molecule is CC(=O)S[C@H]1COC2C1OC[C@H]2O[N+](=O)[O-]. The fraction of sp³-hybridized carbons (Fsp3) is 0.875. The van der Waals surface area contributed by atoms with Crippen LogP contribution in [0.5, 0.6) is 0 Å². The highest BCUT2D eigenvalue weighted by Gasteiger charge is 2.49. The largest absolute Gasteiger partial charge is 0.372 e. The standard InChI is InChI=1S/C8H11NO6S/c1-4(10)16-6-3-14-7-5(15-9(11)12)2-13-8(6)7/h5-8H,2-3H2,1H3/t5-,6+,7?,8?/m1/s1.